The summed E-state index contributed by atoms with van der Waals surface area (Å²) >= 11 is 0. The predicted octanol–water partition coefficient (Wildman–Crippen LogP) is 5.29. The minimum Gasteiger partial charge on any atom is -0.396 e. The van der Waals surface area contributed by atoms with Crippen molar-refractivity contribution in [3.8, 4) is 0 Å². The van der Waals surface area contributed by atoms with Crippen molar-refractivity contribution in [3.63, 3.8) is 0 Å². The molecule has 192 valence electrons. The zero-order valence-corrected chi connectivity index (χ0v) is 22.6. The summed E-state index contributed by atoms with van der Waals surface area (Å²) in [5, 5.41) is 33.7. The van der Waals surface area contributed by atoms with Crippen molar-refractivity contribution < 1.29 is 20.1 Å². The number of aliphatic hydroxyl groups excluding tert-OH is 3. The maximum absolute atomic E-state index is 12.9. The molecule has 4 saturated carbocycles. The van der Waals surface area contributed by atoms with Crippen molar-refractivity contribution in [2.24, 2.45) is 50.2 Å². The summed E-state index contributed by atoms with van der Waals surface area (Å²) in [4.78, 5) is 12.9. The van der Waals surface area contributed by atoms with Crippen molar-refractivity contribution in [2.45, 2.75) is 112 Å². The van der Waals surface area contributed by atoms with Gasteiger partial charge in [0.05, 0.1) is 24.2 Å². The highest BCUT2D eigenvalue weighted by molar-refractivity contribution is 5.85. The van der Waals surface area contributed by atoms with Crippen molar-refractivity contribution in [2.75, 3.05) is 6.61 Å². The third-order valence-electron chi connectivity index (χ3n) is 12.9. The summed E-state index contributed by atoms with van der Waals surface area (Å²) in [7, 11) is 0. The van der Waals surface area contributed by atoms with E-state index in [0.29, 0.717) is 36.9 Å². The van der Waals surface area contributed by atoms with Crippen LogP contribution in [0.15, 0.2) is 11.6 Å². The Morgan fingerprint density at radius 2 is 1.56 bits per heavy atom. The molecular formula is C30H48O4. The number of rotatable bonds is 1. The fraction of sp³-hybridized carbons (Fsp3) is 0.900. The van der Waals surface area contributed by atoms with Gasteiger partial charge in [-0.15, -0.1) is 0 Å². The molecule has 0 aromatic carbocycles. The maximum atomic E-state index is 12.9. The van der Waals surface area contributed by atoms with E-state index in [1.807, 2.05) is 0 Å². The number of ketones is 1. The number of hydrogen-bond acceptors (Lipinski definition) is 4. The van der Waals surface area contributed by atoms with Crippen molar-refractivity contribution in [1.82, 2.24) is 0 Å². The topological polar surface area (TPSA) is 77.8 Å². The average Bonchev–Trinajstić information content (AvgIpc) is 2.71. The van der Waals surface area contributed by atoms with Gasteiger partial charge in [-0.25, -0.2) is 0 Å². The lowest BCUT2D eigenvalue weighted by Gasteiger charge is -2.71. The van der Waals surface area contributed by atoms with Crippen LogP contribution in [0.2, 0.25) is 0 Å². The molecule has 0 saturated heterocycles. The van der Waals surface area contributed by atoms with E-state index in [1.54, 1.807) is 0 Å². The summed E-state index contributed by atoms with van der Waals surface area (Å²) in [5.74, 6) is 1.29. The molecular weight excluding hydrogens is 424 g/mol. The lowest BCUT2D eigenvalue weighted by Crippen LogP contribution is -2.69. The van der Waals surface area contributed by atoms with E-state index >= 15 is 0 Å². The molecule has 0 heterocycles. The monoisotopic (exact) mass is 472 g/mol. The van der Waals surface area contributed by atoms with Gasteiger partial charge in [0.1, 0.15) is 5.78 Å². The molecule has 0 aromatic heterocycles. The predicted molar refractivity (Wildman–Crippen MR) is 134 cm³/mol. The van der Waals surface area contributed by atoms with E-state index in [-0.39, 0.29) is 39.6 Å². The highest BCUT2D eigenvalue weighted by Gasteiger charge is 2.71. The summed E-state index contributed by atoms with van der Waals surface area (Å²) in [6.07, 6.45) is 7.95. The second-order valence-corrected chi connectivity index (χ2v) is 15.1. The normalized spacial score (nSPS) is 53.6. The quantitative estimate of drug-likeness (QED) is 0.453. The van der Waals surface area contributed by atoms with Crippen LogP contribution in [0.5, 0.6) is 0 Å². The van der Waals surface area contributed by atoms with E-state index in [0.717, 1.165) is 32.1 Å². The summed E-state index contributed by atoms with van der Waals surface area (Å²) < 4.78 is 0. The van der Waals surface area contributed by atoms with E-state index < -0.39 is 17.6 Å². The third-order valence-corrected chi connectivity index (χ3v) is 12.9. The van der Waals surface area contributed by atoms with Gasteiger partial charge in [-0.1, -0.05) is 60.1 Å². The van der Waals surface area contributed by atoms with Crippen LogP contribution in [-0.4, -0.2) is 39.9 Å². The van der Waals surface area contributed by atoms with Crippen LogP contribution in [0.4, 0.5) is 0 Å². The first kappa shape index (κ1) is 25.0. The Morgan fingerprint density at radius 3 is 2.21 bits per heavy atom. The fourth-order valence-corrected chi connectivity index (χ4v) is 10.7. The van der Waals surface area contributed by atoms with Crippen LogP contribution in [0.3, 0.4) is 0 Å². The van der Waals surface area contributed by atoms with Crippen LogP contribution in [-0.2, 0) is 4.79 Å². The van der Waals surface area contributed by atoms with Gasteiger partial charge in [-0.05, 0) is 84.4 Å². The summed E-state index contributed by atoms with van der Waals surface area (Å²) in [6, 6.07) is 0. The molecule has 5 aliphatic carbocycles. The third kappa shape index (κ3) is 2.80. The molecule has 0 aliphatic heterocycles. The van der Waals surface area contributed by atoms with Gasteiger partial charge in [0.15, 0.2) is 0 Å². The lowest BCUT2D eigenvalue weighted by molar-refractivity contribution is -0.227. The highest BCUT2D eigenvalue weighted by Crippen LogP contribution is 2.75. The standard InChI is InChI=1S/C30H48O4/c1-25(2)14-19-18-8-9-21-27(5)12-11-22(32)26(3,4)20(27)10-13-28(21,6)29(18,7)16-24(34)30(19,17-31)23(33)15-25/h8,19-21,23-24,31,33-34H,9-17H2,1-7H3. The summed E-state index contributed by atoms with van der Waals surface area (Å²) in [5.41, 5.74) is 0.192. The Labute approximate surface area is 206 Å². The number of aliphatic hydroxyl groups is 3. The van der Waals surface area contributed by atoms with Crippen molar-refractivity contribution >= 4 is 5.78 Å². The molecule has 0 bridgehead atoms. The molecule has 9 unspecified atom stereocenters. The highest BCUT2D eigenvalue weighted by atomic mass is 16.3. The van der Waals surface area contributed by atoms with E-state index in [4.69, 9.17) is 0 Å². The minimum absolute atomic E-state index is 0.00215. The fourth-order valence-electron chi connectivity index (χ4n) is 10.7. The number of Topliss-reactive ketones (excluding diaryl/α,β-unsaturated/α-hetero) is 1. The second-order valence-electron chi connectivity index (χ2n) is 15.1. The number of fused-ring (bicyclic) bond motifs is 7. The number of carbonyl (C=O) groups is 1. The molecule has 3 N–H and O–H groups in total. The van der Waals surface area contributed by atoms with Gasteiger partial charge in [-0.2, -0.15) is 0 Å². The first-order valence-electron chi connectivity index (χ1n) is 13.8. The zero-order chi connectivity index (χ0) is 25.1. The Kier molecular flexibility index (Phi) is 5.28. The van der Waals surface area contributed by atoms with Gasteiger partial charge >= 0.3 is 0 Å². The largest absolute Gasteiger partial charge is 0.396 e. The van der Waals surface area contributed by atoms with Crippen LogP contribution >= 0.6 is 0 Å². The maximum Gasteiger partial charge on any atom is 0.138 e. The molecule has 5 rings (SSSR count). The number of hydrogen-bond donors (Lipinski definition) is 3. The smallest absolute Gasteiger partial charge is 0.138 e. The van der Waals surface area contributed by atoms with Gasteiger partial charge in [0.25, 0.3) is 0 Å². The summed E-state index contributed by atoms with van der Waals surface area (Å²) in [6.45, 7) is 15.9. The molecule has 0 amide bonds. The van der Waals surface area contributed by atoms with E-state index in [9.17, 15) is 20.1 Å². The van der Waals surface area contributed by atoms with Gasteiger partial charge in [0, 0.05) is 11.8 Å². The molecule has 4 nitrogen and oxygen atoms in total. The van der Waals surface area contributed by atoms with E-state index in [1.165, 1.54) is 5.57 Å². The Hall–Kier alpha value is -0.710. The van der Waals surface area contributed by atoms with Gasteiger partial charge < -0.3 is 15.3 Å². The van der Waals surface area contributed by atoms with Crippen LogP contribution in [0.1, 0.15) is 99.8 Å². The Bertz CT molecular complexity index is 919. The van der Waals surface area contributed by atoms with E-state index in [2.05, 4.69) is 54.5 Å². The second kappa shape index (κ2) is 7.19. The molecule has 4 fully saturated rings. The molecule has 0 aromatic rings. The Balaban J connectivity index is 1.63. The molecule has 0 spiro atoms. The molecule has 9 atom stereocenters. The average molecular weight is 473 g/mol. The van der Waals surface area contributed by atoms with Crippen LogP contribution in [0.25, 0.3) is 0 Å². The van der Waals surface area contributed by atoms with Gasteiger partial charge in [0.2, 0.25) is 0 Å². The van der Waals surface area contributed by atoms with Crippen LogP contribution in [0, 0.1) is 50.2 Å². The minimum atomic E-state index is -0.857. The van der Waals surface area contributed by atoms with Gasteiger partial charge in [-0.3, -0.25) is 4.79 Å². The lowest BCUT2D eigenvalue weighted by atomic mass is 9.33. The van der Waals surface area contributed by atoms with Crippen molar-refractivity contribution in [3.05, 3.63) is 11.6 Å². The SMILES string of the molecule is CC1(C)CC(O)C2(CO)C(O)CC3(C)C(=CCC4C5(C)CCC(=O)C(C)(C)C5CCC43C)C2C1. The molecule has 34 heavy (non-hydrogen) atoms. The number of carbonyl (C=O) groups excluding carboxylic acids is 1. The first-order chi connectivity index (χ1) is 15.6. The first-order valence-corrected chi connectivity index (χ1v) is 13.8. The van der Waals surface area contributed by atoms with Crippen molar-refractivity contribution in [1.29, 1.82) is 0 Å². The van der Waals surface area contributed by atoms with Crippen LogP contribution < -0.4 is 0 Å². The molecule has 4 heteroatoms. The molecule has 5 aliphatic rings. The Morgan fingerprint density at radius 1 is 0.912 bits per heavy atom. The zero-order valence-electron chi connectivity index (χ0n) is 22.6. The molecule has 0 radical (unpaired) electrons. The number of allylic oxidation sites excluding steroid dienone is 2.